The normalized spacial score (nSPS) is 17.1. The van der Waals surface area contributed by atoms with Gasteiger partial charge in [-0.15, -0.1) is 0 Å². The van der Waals surface area contributed by atoms with Crippen LogP contribution < -0.4 is 11.1 Å². The van der Waals surface area contributed by atoms with Gasteiger partial charge in [0.05, 0.1) is 6.54 Å². The lowest BCUT2D eigenvalue weighted by Gasteiger charge is -2.36. The Balaban J connectivity index is 1.80. The van der Waals surface area contributed by atoms with Crippen LogP contribution in [0.15, 0.2) is 24.3 Å². The fraction of sp³-hybridized carbons (Fsp3) is 0.562. The Kier molecular flexibility index (Phi) is 5.73. The summed E-state index contributed by atoms with van der Waals surface area (Å²) in [6, 6.07) is 8.28. The van der Waals surface area contributed by atoms with Crippen LogP contribution in [0.3, 0.4) is 0 Å². The average Bonchev–Trinajstić information content (AvgIpc) is 2.47. The van der Waals surface area contributed by atoms with E-state index >= 15 is 0 Å². The molecule has 1 heterocycles. The van der Waals surface area contributed by atoms with Crippen LogP contribution in [0.5, 0.6) is 0 Å². The second-order valence-corrected chi connectivity index (χ2v) is 5.86. The van der Waals surface area contributed by atoms with E-state index in [0.717, 1.165) is 37.4 Å². The van der Waals surface area contributed by atoms with E-state index in [-0.39, 0.29) is 5.91 Å². The van der Waals surface area contributed by atoms with Crippen LogP contribution in [0.1, 0.15) is 19.4 Å². The fourth-order valence-electron chi connectivity index (χ4n) is 2.62. The van der Waals surface area contributed by atoms with Gasteiger partial charge in [0.25, 0.3) is 0 Å². The molecule has 1 aliphatic rings. The van der Waals surface area contributed by atoms with E-state index in [9.17, 15) is 4.79 Å². The highest BCUT2D eigenvalue weighted by Crippen LogP contribution is 2.11. The topological polar surface area (TPSA) is 61.6 Å². The number of benzene rings is 1. The second-order valence-electron chi connectivity index (χ2n) is 5.86. The van der Waals surface area contributed by atoms with Crippen LogP contribution in [-0.2, 0) is 11.3 Å². The van der Waals surface area contributed by atoms with E-state index in [0.29, 0.717) is 19.1 Å². The van der Waals surface area contributed by atoms with Gasteiger partial charge >= 0.3 is 0 Å². The van der Waals surface area contributed by atoms with Gasteiger partial charge in [-0.1, -0.05) is 12.1 Å². The van der Waals surface area contributed by atoms with Gasteiger partial charge in [0.1, 0.15) is 0 Å². The summed E-state index contributed by atoms with van der Waals surface area (Å²) in [4.78, 5) is 16.8. The van der Waals surface area contributed by atoms with E-state index in [1.54, 1.807) is 0 Å². The van der Waals surface area contributed by atoms with Gasteiger partial charge in [0.15, 0.2) is 0 Å². The standard InChI is InChI=1S/C16H26N4O/c1-13(2)20-8-6-19(7-9-20)12-16(21)18-15-5-3-4-14(10-15)11-17/h3-5,10,13H,6-9,11-12,17H2,1-2H3,(H,18,21). The number of rotatable bonds is 5. The number of anilines is 1. The summed E-state index contributed by atoms with van der Waals surface area (Å²) in [5.41, 5.74) is 7.46. The molecule has 2 rings (SSSR count). The highest BCUT2D eigenvalue weighted by Gasteiger charge is 2.20. The molecule has 1 fully saturated rings. The number of amides is 1. The SMILES string of the molecule is CC(C)N1CCN(CC(=O)Nc2cccc(CN)c2)CC1. The molecule has 21 heavy (non-hydrogen) atoms. The molecular weight excluding hydrogens is 264 g/mol. The third kappa shape index (κ3) is 4.81. The summed E-state index contributed by atoms with van der Waals surface area (Å²) in [5.74, 6) is 0.0437. The predicted octanol–water partition coefficient (Wildman–Crippen LogP) is 1.11. The highest BCUT2D eigenvalue weighted by molar-refractivity contribution is 5.92. The van der Waals surface area contributed by atoms with Crippen molar-refractivity contribution in [2.24, 2.45) is 5.73 Å². The van der Waals surface area contributed by atoms with Crippen LogP contribution in [-0.4, -0.2) is 54.5 Å². The zero-order valence-electron chi connectivity index (χ0n) is 13.0. The van der Waals surface area contributed by atoms with Crippen LogP contribution in [0.25, 0.3) is 0 Å². The van der Waals surface area contributed by atoms with E-state index in [1.807, 2.05) is 24.3 Å². The Morgan fingerprint density at radius 1 is 1.29 bits per heavy atom. The lowest BCUT2D eigenvalue weighted by atomic mass is 10.2. The molecule has 116 valence electrons. The summed E-state index contributed by atoms with van der Waals surface area (Å²) in [6.45, 7) is 9.35. The van der Waals surface area contributed by atoms with Crippen LogP contribution in [0, 0.1) is 0 Å². The van der Waals surface area contributed by atoms with Crippen molar-refractivity contribution >= 4 is 11.6 Å². The van der Waals surface area contributed by atoms with Crippen molar-refractivity contribution in [3.8, 4) is 0 Å². The number of hydrogen-bond acceptors (Lipinski definition) is 4. The maximum atomic E-state index is 12.1. The summed E-state index contributed by atoms with van der Waals surface area (Å²) < 4.78 is 0. The average molecular weight is 290 g/mol. The molecule has 0 aromatic heterocycles. The van der Waals surface area contributed by atoms with Crippen LogP contribution in [0.2, 0.25) is 0 Å². The van der Waals surface area contributed by atoms with Crippen molar-refractivity contribution in [1.29, 1.82) is 0 Å². The highest BCUT2D eigenvalue weighted by atomic mass is 16.2. The Labute approximate surface area is 127 Å². The third-order valence-corrected chi connectivity index (χ3v) is 3.95. The summed E-state index contributed by atoms with van der Waals surface area (Å²) in [6.07, 6.45) is 0. The number of nitrogens with zero attached hydrogens (tertiary/aromatic N) is 2. The molecule has 5 heteroatoms. The maximum Gasteiger partial charge on any atom is 0.238 e. The van der Waals surface area contributed by atoms with Crippen molar-refractivity contribution < 1.29 is 4.79 Å². The molecule has 1 aromatic carbocycles. The molecule has 5 nitrogen and oxygen atoms in total. The lowest BCUT2D eigenvalue weighted by Crippen LogP contribution is -2.50. The van der Waals surface area contributed by atoms with Gasteiger partial charge in [0.2, 0.25) is 5.91 Å². The first-order valence-electron chi connectivity index (χ1n) is 7.63. The Bertz CT molecular complexity index is 467. The predicted molar refractivity (Wildman–Crippen MR) is 86.1 cm³/mol. The summed E-state index contributed by atoms with van der Waals surface area (Å²) in [7, 11) is 0. The molecule has 0 spiro atoms. The van der Waals surface area contributed by atoms with Crippen LogP contribution in [0.4, 0.5) is 5.69 Å². The number of nitrogens with two attached hydrogens (primary N) is 1. The van der Waals surface area contributed by atoms with E-state index in [1.165, 1.54) is 0 Å². The van der Waals surface area contributed by atoms with E-state index < -0.39 is 0 Å². The number of nitrogens with one attached hydrogen (secondary N) is 1. The zero-order chi connectivity index (χ0) is 15.2. The lowest BCUT2D eigenvalue weighted by molar-refractivity contribution is -0.117. The molecular formula is C16H26N4O. The fourth-order valence-corrected chi connectivity index (χ4v) is 2.62. The third-order valence-electron chi connectivity index (χ3n) is 3.95. The smallest absolute Gasteiger partial charge is 0.238 e. The molecule has 1 aromatic rings. The molecule has 1 amide bonds. The van der Waals surface area contributed by atoms with E-state index in [4.69, 9.17) is 5.73 Å². The second kappa shape index (κ2) is 7.54. The maximum absolute atomic E-state index is 12.1. The molecule has 1 saturated heterocycles. The first-order valence-corrected chi connectivity index (χ1v) is 7.63. The van der Waals surface area contributed by atoms with Gasteiger partial charge in [-0.25, -0.2) is 0 Å². The molecule has 0 aliphatic carbocycles. The Morgan fingerprint density at radius 2 is 2.00 bits per heavy atom. The number of carbonyl (C=O) groups is 1. The van der Waals surface area contributed by atoms with Gasteiger partial charge in [-0.2, -0.15) is 0 Å². The van der Waals surface area contributed by atoms with Crippen molar-refractivity contribution in [2.75, 3.05) is 38.0 Å². The minimum atomic E-state index is 0.0437. The van der Waals surface area contributed by atoms with Gasteiger partial charge in [-0.3, -0.25) is 14.6 Å². The van der Waals surface area contributed by atoms with Gasteiger partial charge < -0.3 is 11.1 Å². The minimum absolute atomic E-state index is 0.0437. The summed E-state index contributed by atoms with van der Waals surface area (Å²) in [5, 5.41) is 2.95. The molecule has 1 aliphatic heterocycles. The van der Waals surface area contributed by atoms with Crippen LogP contribution >= 0.6 is 0 Å². The van der Waals surface area contributed by atoms with E-state index in [2.05, 4.69) is 29.0 Å². The van der Waals surface area contributed by atoms with Crippen molar-refractivity contribution in [2.45, 2.75) is 26.4 Å². The molecule has 0 unspecified atom stereocenters. The van der Waals surface area contributed by atoms with Gasteiger partial charge in [0, 0.05) is 44.5 Å². The number of piperazine rings is 1. The molecule has 3 N–H and O–H groups in total. The van der Waals surface area contributed by atoms with Crippen molar-refractivity contribution in [3.63, 3.8) is 0 Å². The first kappa shape index (κ1) is 15.9. The quantitative estimate of drug-likeness (QED) is 0.853. The van der Waals surface area contributed by atoms with Crippen molar-refractivity contribution in [1.82, 2.24) is 9.80 Å². The molecule has 0 saturated carbocycles. The van der Waals surface area contributed by atoms with Crippen molar-refractivity contribution in [3.05, 3.63) is 29.8 Å². The minimum Gasteiger partial charge on any atom is -0.326 e. The number of carbonyl (C=O) groups excluding carboxylic acids is 1. The Hall–Kier alpha value is -1.43. The first-order chi connectivity index (χ1) is 10.1. The van der Waals surface area contributed by atoms with Gasteiger partial charge in [-0.05, 0) is 31.5 Å². The number of hydrogen-bond donors (Lipinski definition) is 2. The monoisotopic (exact) mass is 290 g/mol. The molecule has 0 radical (unpaired) electrons. The molecule has 0 bridgehead atoms. The summed E-state index contributed by atoms with van der Waals surface area (Å²) >= 11 is 0. The Morgan fingerprint density at radius 3 is 2.62 bits per heavy atom. The zero-order valence-corrected chi connectivity index (χ0v) is 13.0. The largest absolute Gasteiger partial charge is 0.326 e. The molecule has 0 atom stereocenters.